The quantitative estimate of drug-likeness (QED) is 0.942. The van der Waals surface area contributed by atoms with Gasteiger partial charge in [-0.3, -0.25) is 9.10 Å². The number of anilines is 2. The number of nitrogens with one attached hydrogen (secondary N) is 1. The highest BCUT2D eigenvalue weighted by atomic mass is 32.2. The molecule has 0 aliphatic carbocycles. The summed E-state index contributed by atoms with van der Waals surface area (Å²) >= 11 is 0. The normalized spacial score (nSPS) is 11.0. The Balaban J connectivity index is 2.12. The molecule has 0 spiro atoms. The smallest absolute Gasteiger partial charge is 0.255 e. The second kappa shape index (κ2) is 5.97. The minimum absolute atomic E-state index is 0.209. The van der Waals surface area contributed by atoms with E-state index >= 15 is 0 Å². The van der Waals surface area contributed by atoms with Crippen molar-refractivity contribution in [2.24, 2.45) is 0 Å². The standard InChI is InChI=1S/C15H16N2O3S/c1-17(21(2,19)20)14-10-8-13(9-11-14)16-15(18)12-6-4-3-5-7-12/h3-11H,1-2H3,(H,16,18). The highest BCUT2D eigenvalue weighted by Crippen LogP contribution is 2.19. The average molecular weight is 304 g/mol. The Hall–Kier alpha value is -2.34. The molecule has 0 radical (unpaired) electrons. The van der Waals surface area contributed by atoms with Crippen molar-refractivity contribution in [1.29, 1.82) is 0 Å². The van der Waals surface area contributed by atoms with E-state index in [-0.39, 0.29) is 5.91 Å². The Labute approximate surface area is 124 Å². The topological polar surface area (TPSA) is 66.5 Å². The number of nitrogens with zero attached hydrogens (tertiary/aromatic N) is 1. The molecular formula is C15H16N2O3S. The van der Waals surface area contributed by atoms with Gasteiger partial charge in [0.25, 0.3) is 5.91 Å². The number of hydrogen-bond acceptors (Lipinski definition) is 3. The third kappa shape index (κ3) is 3.82. The summed E-state index contributed by atoms with van der Waals surface area (Å²) in [6, 6.07) is 15.5. The first-order valence-electron chi connectivity index (χ1n) is 6.28. The summed E-state index contributed by atoms with van der Waals surface area (Å²) < 4.78 is 24.0. The molecule has 21 heavy (non-hydrogen) atoms. The highest BCUT2D eigenvalue weighted by Gasteiger charge is 2.12. The van der Waals surface area contributed by atoms with E-state index in [9.17, 15) is 13.2 Å². The molecular weight excluding hydrogens is 288 g/mol. The van der Waals surface area contributed by atoms with Gasteiger partial charge in [-0.05, 0) is 36.4 Å². The number of amides is 1. The molecule has 0 aromatic heterocycles. The van der Waals surface area contributed by atoms with E-state index < -0.39 is 10.0 Å². The molecule has 110 valence electrons. The summed E-state index contributed by atoms with van der Waals surface area (Å²) in [6.07, 6.45) is 1.14. The Morgan fingerprint density at radius 2 is 1.57 bits per heavy atom. The molecule has 1 N–H and O–H groups in total. The zero-order chi connectivity index (χ0) is 15.5. The first kappa shape index (κ1) is 15.1. The molecule has 1 amide bonds. The number of benzene rings is 2. The zero-order valence-corrected chi connectivity index (χ0v) is 12.6. The lowest BCUT2D eigenvalue weighted by atomic mass is 10.2. The Kier molecular flexibility index (Phi) is 4.28. The van der Waals surface area contributed by atoms with E-state index in [2.05, 4.69) is 5.32 Å². The third-order valence-corrected chi connectivity index (χ3v) is 4.23. The monoisotopic (exact) mass is 304 g/mol. The molecule has 6 heteroatoms. The highest BCUT2D eigenvalue weighted by molar-refractivity contribution is 7.92. The van der Waals surface area contributed by atoms with Gasteiger partial charge in [0.15, 0.2) is 0 Å². The summed E-state index contributed by atoms with van der Waals surface area (Å²) in [7, 11) is -1.81. The van der Waals surface area contributed by atoms with Crippen molar-refractivity contribution in [2.45, 2.75) is 0 Å². The fourth-order valence-corrected chi connectivity index (χ4v) is 2.24. The summed E-state index contributed by atoms with van der Waals surface area (Å²) in [5.74, 6) is -0.209. The number of hydrogen-bond donors (Lipinski definition) is 1. The van der Waals surface area contributed by atoms with Gasteiger partial charge in [0, 0.05) is 18.3 Å². The molecule has 0 heterocycles. The van der Waals surface area contributed by atoms with Crippen molar-refractivity contribution in [3.8, 4) is 0 Å². The first-order valence-corrected chi connectivity index (χ1v) is 8.13. The molecule has 0 unspecified atom stereocenters. The van der Waals surface area contributed by atoms with Gasteiger partial charge >= 0.3 is 0 Å². The van der Waals surface area contributed by atoms with Crippen LogP contribution in [0.15, 0.2) is 54.6 Å². The molecule has 5 nitrogen and oxygen atoms in total. The molecule has 2 aromatic carbocycles. The summed E-state index contributed by atoms with van der Waals surface area (Å²) in [4.78, 5) is 12.0. The summed E-state index contributed by atoms with van der Waals surface area (Å²) in [5, 5.41) is 2.76. The van der Waals surface area contributed by atoms with Crippen molar-refractivity contribution < 1.29 is 13.2 Å². The van der Waals surface area contributed by atoms with Crippen molar-refractivity contribution >= 4 is 27.3 Å². The van der Waals surface area contributed by atoms with Crippen LogP contribution in [0.3, 0.4) is 0 Å². The number of rotatable bonds is 4. The Bertz CT molecular complexity index is 725. The summed E-state index contributed by atoms with van der Waals surface area (Å²) in [6.45, 7) is 0. The van der Waals surface area contributed by atoms with Gasteiger partial charge in [-0.25, -0.2) is 8.42 Å². The van der Waals surface area contributed by atoms with Crippen molar-refractivity contribution in [1.82, 2.24) is 0 Å². The van der Waals surface area contributed by atoms with E-state index in [0.29, 0.717) is 16.9 Å². The van der Waals surface area contributed by atoms with Crippen LogP contribution in [-0.2, 0) is 10.0 Å². The van der Waals surface area contributed by atoms with Crippen LogP contribution < -0.4 is 9.62 Å². The lowest BCUT2D eigenvalue weighted by Crippen LogP contribution is -2.24. The molecule has 0 atom stereocenters. The number of sulfonamides is 1. The predicted molar refractivity (Wildman–Crippen MR) is 84.1 cm³/mol. The van der Waals surface area contributed by atoms with Crippen LogP contribution in [0.4, 0.5) is 11.4 Å². The fraction of sp³-hybridized carbons (Fsp3) is 0.133. The van der Waals surface area contributed by atoms with Crippen molar-refractivity contribution in [2.75, 3.05) is 22.9 Å². The second-order valence-corrected chi connectivity index (χ2v) is 6.61. The Morgan fingerprint density at radius 1 is 1.00 bits per heavy atom. The molecule has 0 fully saturated rings. The van der Waals surface area contributed by atoms with Crippen molar-refractivity contribution in [3.05, 3.63) is 60.2 Å². The minimum Gasteiger partial charge on any atom is -0.322 e. The maximum Gasteiger partial charge on any atom is 0.255 e. The summed E-state index contributed by atoms with van der Waals surface area (Å²) in [5.41, 5.74) is 1.71. The van der Waals surface area contributed by atoms with Gasteiger partial charge in [0.05, 0.1) is 11.9 Å². The van der Waals surface area contributed by atoms with Gasteiger partial charge in [0.2, 0.25) is 10.0 Å². The van der Waals surface area contributed by atoms with Gasteiger partial charge in [-0.2, -0.15) is 0 Å². The molecule has 0 bridgehead atoms. The van der Waals surface area contributed by atoms with Crippen molar-refractivity contribution in [3.63, 3.8) is 0 Å². The minimum atomic E-state index is -3.29. The predicted octanol–water partition coefficient (Wildman–Crippen LogP) is 2.33. The number of carbonyl (C=O) groups excluding carboxylic acids is 1. The number of carbonyl (C=O) groups is 1. The van der Waals surface area contributed by atoms with Gasteiger partial charge in [-0.15, -0.1) is 0 Å². The van der Waals surface area contributed by atoms with E-state index in [1.54, 1.807) is 48.5 Å². The molecule has 2 rings (SSSR count). The second-order valence-electron chi connectivity index (χ2n) is 4.60. The molecule has 0 saturated heterocycles. The van der Waals surface area contributed by atoms with Crippen LogP contribution in [0.2, 0.25) is 0 Å². The largest absolute Gasteiger partial charge is 0.322 e. The molecule has 2 aromatic rings. The lowest BCUT2D eigenvalue weighted by Gasteiger charge is -2.16. The van der Waals surface area contributed by atoms with Crippen LogP contribution in [0.1, 0.15) is 10.4 Å². The first-order chi connectivity index (χ1) is 9.88. The zero-order valence-electron chi connectivity index (χ0n) is 11.8. The van der Waals surface area contributed by atoms with Gasteiger partial charge in [0.1, 0.15) is 0 Å². The van der Waals surface area contributed by atoms with Crippen LogP contribution >= 0.6 is 0 Å². The lowest BCUT2D eigenvalue weighted by molar-refractivity contribution is 0.102. The fourth-order valence-electron chi connectivity index (χ4n) is 1.74. The SMILES string of the molecule is CN(c1ccc(NC(=O)c2ccccc2)cc1)S(C)(=O)=O. The van der Waals surface area contributed by atoms with E-state index in [4.69, 9.17) is 0 Å². The van der Waals surface area contributed by atoms with Crippen LogP contribution in [0.5, 0.6) is 0 Å². The maximum absolute atomic E-state index is 12.0. The molecule has 0 aliphatic heterocycles. The van der Waals surface area contributed by atoms with E-state index in [1.165, 1.54) is 11.4 Å². The average Bonchev–Trinajstić information content (AvgIpc) is 2.47. The van der Waals surface area contributed by atoms with Crippen LogP contribution in [0, 0.1) is 0 Å². The molecule has 0 saturated carbocycles. The Morgan fingerprint density at radius 3 is 2.10 bits per heavy atom. The van der Waals surface area contributed by atoms with Crippen LogP contribution in [-0.4, -0.2) is 27.6 Å². The van der Waals surface area contributed by atoms with E-state index in [0.717, 1.165) is 6.26 Å². The van der Waals surface area contributed by atoms with Gasteiger partial charge < -0.3 is 5.32 Å². The molecule has 0 aliphatic rings. The van der Waals surface area contributed by atoms with Gasteiger partial charge in [-0.1, -0.05) is 18.2 Å². The van der Waals surface area contributed by atoms with Crippen LogP contribution in [0.25, 0.3) is 0 Å². The van der Waals surface area contributed by atoms with E-state index in [1.807, 2.05) is 6.07 Å². The third-order valence-electron chi connectivity index (χ3n) is 3.02. The maximum atomic E-state index is 12.0.